The third kappa shape index (κ3) is 4.01. The van der Waals surface area contributed by atoms with Crippen LogP contribution in [0.4, 0.5) is 5.82 Å². The first kappa shape index (κ1) is 18.1. The Bertz CT molecular complexity index is 721. The van der Waals surface area contributed by atoms with Crippen molar-refractivity contribution in [3.8, 4) is 0 Å². The molecule has 0 aromatic carbocycles. The summed E-state index contributed by atoms with van der Waals surface area (Å²) < 4.78 is 0. The predicted octanol–water partition coefficient (Wildman–Crippen LogP) is -1.25. The zero-order valence-electron chi connectivity index (χ0n) is 13.5. The number of carboxylic acid groups (broad SMARTS) is 1. The summed E-state index contributed by atoms with van der Waals surface area (Å²) >= 11 is 0. The van der Waals surface area contributed by atoms with Crippen molar-refractivity contribution >= 4 is 29.3 Å². The molecule has 11 heteroatoms. The standard InChI is InChI=1S/C14H17N5O6/c1-7-11(14(23)19(7)25-6-10(20)21)17-13(22)12(18-24-2)8-4-3-5-9(15)16-8/h3-5,7,11H,6H2,1-2H3,(H2,15,16)(H,17,22)(H,20,21)/b18-12-/t7-,11-/m0/s1. The minimum Gasteiger partial charge on any atom is -0.479 e. The minimum absolute atomic E-state index is 0.153. The Morgan fingerprint density at radius 2 is 2.20 bits per heavy atom. The van der Waals surface area contributed by atoms with E-state index < -0.39 is 36.5 Å². The van der Waals surface area contributed by atoms with Crippen molar-refractivity contribution in [3.63, 3.8) is 0 Å². The molecule has 1 aromatic rings. The van der Waals surface area contributed by atoms with Crippen LogP contribution in [0.25, 0.3) is 0 Å². The number of rotatable bonds is 7. The van der Waals surface area contributed by atoms with Crippen LogP contribution in [-0.4, -0.2) is 64.4 Å². The number of β-lactam (4-membered cyclic amide) rings is 1. The van der Waals surface area contributed by atoms with Gasteiger partial charge >= 0.3 is 5.97 Å². The van der Waals surface area contributed by atoms with E-state index in [1.807, 2.05) is 0 Å². The van der Waals surface area contributed by atoms with Crippen LogP contribution in [0.2, 0.25) is 0 Å². The van der Waals surface area contributed by atoms with Crippen LogP contribution >= 0.6 is 0 Å². The largest absolute Gasteiger partial charge is 0.479 e. The van der Waals surface area contributed by atoms with E-state index in [4.69, 9.17) is 15.7 Å². The maximum atomic E-state index is 12.4. The van der Waals surface area contributed by atoms with Gasteiger partial charge < -0.3 is 21.0 Å². The number of carboxylic acids is 1. The molecule has 0 saturated carbocycles. The fourth-order valence-corrected chi connectivity index (χ4v) is 2.17. The van der Waals surface area contributed by atoms with E-state index in [1.54, 1.807) is 19.1 Å². The molecule has 0 spiro atoms. The Labute approximate surface area is 142 Å². The molecule has 1 saturated heterocycles. The first-order valence-electron chi connectivity index (χ1n) is 7.17. The van der Waals surface area contributed by atoms with Gasteiger partial charge in [-0.3, -0.25) is 14.4 Å². The van der Waals surface area contributed by atoms with Crippen molar-refractivity contribution in [2.75, 3.05) is 19.5 Å². The number of aromatic nitrogens is 1. The van der Waals surface area contributed by atoms with Crippen molar-refractivity contribution in [3.05, 3.63) is 23.9 Å². The Balaban J connectivity index is 2.06. The summed E-state index contributed by atoms with van der Waals surface area (Å²) in [7, 11) is 1.26. The first-order chi connectivity index (χ1) is 11.8. The highest BCUT2D eigenvalue weighted by Gasteiger charge is 2.47. The van der Waals surface area contributed by atoms with E-state index in [2.05, 4.69) is 20.3 Å². The van der Waals surface area contributed by atoms with E-state index in [0.717, 1.165) is 5.06 Å². The van der Waals surface area contributed by atoms with Gasteiger partial charge in [0.25, 0.3) is 11.8 Å². The molecule has 2 rings (SSSR count). The lowest BCUT2D eigenvalue weighted by molar-refractivity contribution is -0.233. The SMILES string of the molecule is CO/N=C(\C(=O)N[C@@H]1C(=O)N(OCC(=O)O)[C@H]1C)c1cccc(N)n1. The van der Waals surface area contributed by atoms with Gasteiger partial charge in [-0.2, -0.15) is 0 Å². The average molecular weight is 351 g/mol. The second-order valence-corrected chi connectivity index (χ2v) is 5.09. The summed E-state index contributed by atoms with van der Waals surface area (Å²) in [5.74, 6) is -2.28. The summed E-state index contributed by atoms with van der Waals surface area (Å²) in [6.45, 7) is 0.945. The molecule has 0 aliphatic carbocycles. The van der Waals surface area contributed by atoms with Crippen molar-refractivity contribution < 1.29 is 29.2 Å². The number of pyridine rings is 1. The quantitative estimate of drug-likeness (QED) is 0.312. The number of nitrogens with two attached hydrogens (primary N) is 1. The molecule has 134 valence electrons. The molecule has 0 unspecified atom stereocenters. The minimum atomic E-state index is -1.21. The second-order valence-electron chi connectivity index (χ2n) is 5.09. The summed E-state index contributed by atoms with van der Waals surface area (Å²) in [5, 5.41) is 15.6. The number of anilines is 1. The second kappa shape index (κ2) is 7.57. The monoisotopic (exact) mass is 351 g/mol. The normalized spacial score (nSPS) is 20.0. The fraction of sp³-hybridized carbons (Fsp3) is 0.357. The number of nitrogen functional groups attached to an aromatic ring is 1. The first-order valence-corrected chi connectivity index (χ1v) is 7.17. The lowest BCUT2D eigenvalue weighted by Crippen LogP contribution is -2.70. The Morgan fingerprint density at radius 3 is 2.76 bits per heavy atom. The number of hydrogen-bond donors (Lipinski definition) is 3. The number of oxime groups is 1. The van der Waals surface area contributed by atoms with Gasteiger partial charge in [-0.15, -0.1) is 0 Å². The van der Waals surface area contributed by atoms with Gasteiger partial charge in [0.2, 0.25) is 0 Å². The highest BCUT2D eigenvalue weighted by Crippen LogP contribution is 2.20. The van der Waals surface area contributed by atoms with Crippen LogP contribution in [0.1, 0.15) is 12.6 Å². The zero-order chi connectivity index (χ0) is 18.6. The summed E-state index contributed by atoms with van der Waals surface area (Å²) in [6.07, 6.45) is 0. The Hall–Kier alpha value is -3.21. The molecule has 2 heterocycles. The number of carbonyl (C=O) groups is 3. The van der Waals surface area contributed by atoms with Crippen LogP contribution in [0.3, 0.4) is 0 Å². The van der Waals surface area contributed by atoms with E-state index in [1.165, 1.54) is 13.2 Å². The van der Waals surface area contributed by atoms with E-state index in [0.29, 0.717) is 0 Å². The van der Waals surface area contributed by atoms with Crippen molar-refractivity contribution in [2.24, 2.45) is 5.16 Å². The van der Waals surface area contributed by atoms with E-state index >= 15 is 0 Å². The van der Waals surface area contributed by atoms with Gasteiger partial charge in [-0.25, -0.2) is 14.8 Å². The lowest BCUT2D eigenvalue weighted by atomic mass is 9.99. The molecule has 4 N–H and O–H groups in total. The van der Waals surface area contributed by atoms with Crippen LogP contribution in [0.15, 0.2) is 23.4 Å². The number of amides is 2. The highest BCUT2D eigenvalue weighted by molar-refractivity contribution is 6.45. The van der Waals surface area contributed by atoms with Gasteiger partial charge in [0.05, 0.1) is 6.04 Å². The third-order valence-electron chi connectivity index (χ3n) is 3.36. The molecule has 0 radical (unpaired) electrons. The highest BCUT2D eigenvalue weighted by atomic mass is 16.7. The molecule has 11 nitrogen and oxygen atoms in total. The van der Waals surface area contributed by atoms with Gasteiger partial charge in [0, 0.05) is 0 Å². The predicted molar refractivity (Wildman–Crippen MR) is 84.0 cm³/mol. The van der Waals surface area contributed by atoms with Gasteiger partial charge in [0.15, 0.2) is 12.3 Å². The molecule has 2 atom stereocenters. The van der Waals surface area contributed by atoms with Gasteiger partial charge in [-0.1, -0.05) is 11.2 Å². The third-order valence-corrected chi connectivity index (χ3v) is 3.36. The van der Waals surface area contributed by atoms with Crippen molar-refractivity contribution in [1.82, 2.24) is 15.4 Å². The molecule has 25 heavy (non-hydrogen) atoms. The molecule has 1 aliphatic heterocycles. The number of hydrogen-bond acceptors (Lipinski definition) is 8. The topological polar surface area (TPSA) is 156 Å². The lowest BCUT2D eigenvalue weighted by Gasteiger charge is -2.43. The number of nitrogens with one attached hydrogen (secondary N) is 1. The Morgan fingerprint density at radius 1 is 1.48 bits per heavy atom. The van der Waals surface area contributed by atoms with E-state index in [9.17, 15) is 14.4 Å². The molecule has 1 fully saturated rings. The van der Waals surface area contributed by atoms with Crippen LogP contribution in [0.5, 0.6) is 0 Å². The zero-order valence-corrected chi connectivity index (χ0v) is 13.5. The summed E-state index contributed by atoms with van der Waals surface area (Å²) in [4.78, 5) is 48.3. The van der Waals surface area contributed by atoms with Crippen molar-refractivity contribution in [2.45, 2.75) is 19.0 Å². The fourth-order valence-electron chi connectivity index (χ4n) is 2.17. The number of aliphatic carboxylic acids is 1. The van der Waals surface area contributed by atoms with Crippen LogP contribution in [0, 0.1) is 0 Å². The van der Waals surface area contributed by atoms with Gasteiger partial charge in [-0.05, 0) is 19.1 Å². The smallest absolute Gasteiger partial charge is 0.332 e. The van der Waals surface area contributed by atoms with Crippen LogP contribution in [-0.2, 0) is 24.1 Å². The molecule has 0 bridgehead atoms. The number of nitrogens with zero attached hydrogens (tertiary/aromatic N) is 3. The number of carbonyl (C=O) groups excluding carboxylic acids is 2. The molecule has 2 amide bonds. The number of hydroxylamine groups is 2. The van der Waals surface area contributed by atoms with Gasteiger partial charge in [0.1, 0.15) is 24.7 Å². The molecule has 1 aromatic heterocycles. The molecular formula is C14H17N5O6. The average Bonchev–Trinajstić information content (AvgIpc) is 2.57. The maximum absolute atomic E-state index is 12.4. The van der Waals surface area contributed by atoms with E-state index in [-0.39, 0.29) is 17.2 Å². The van der Waals surface area contributed by atoms with Crippen molar-refractivity contribution in [1.29, 1.82) is 0 Å². The Kier molecular flexibility index (Phi) is 5.49. The molecule has 1 aliphatic rings. The van der Waals surface area contributed by atoms with Crippen LogP contribution < -0.4 is 11.1 Å². The summed E-state index contributed by atoms with van der Waals surface area (Å²) in [5.41, 5.74) is 5.61. The summed E-state index contributed by atoms with van der Waals surface area (Å²) in [6, 6.07) is 3.22. The molecular weight excluding hydrogens is 334 g/mol. The maximum Gasteiger partial charge on any atom is 0.332 e.